The number of esters is 2. The molecule has 0 aliphatic heterocycles. The van der Waals surface area contributed by atoms with Crippen molar-refractivity contribution in [3.05, 3.63) is 0 Å². The van der Waals surface area contributed by atoms with E-state index in [1.165, 1.54) is 0 Å². The van der Waals surface area contributed by atoms with Gasteiger partial charge in [0.15, 0.2) is 0 Å². The van der Waals surface area contributed by atoms with Gasteiger partial charge in [0.2, 0.25) is 0 Å². The number of rotatable bonds is 0. The van der Waals surface area contributed by atoms with Gasteiger partial charge in [0.05, 0.1) is 14.2 Å². The summed E-state index contributed by atoms with van der Waals surface area (Å²) in [6.45, 7) is 0. The van der Waals surface area contributed by atoms with E-state index in [9.17, 15) is 9.59 Å². The van der Waals surface area contributed by atoms with E-state index in [1.54, 1.807) is 0 Å². The van der Waals surface area contributed by atoms with Crippen LogP contribution in [0.1, 0.15) is 0 Å². The van der Waals surface area contributed by atoms with E-state index >= 15 is 0 Å². The summed E-state index contributed by atoms with van der Waals surface area (Å²) in [5.74, 6) is -1.96. The average molecular weight is 125 g/mol. The smallest absolute Gasteiger partial charge is 0.417 e. The molecule has 47 valence electrons. The third kappa shape index (κ3) is 4.07. The standard InChI is InChI=1S/C4H6O4.Li/c1-7-3(5)4(6)8-2;/h1-2H3;. The zero-order chi connectivity index (χ0) is 6.57. The molecule has 0 saturated carbocycles. The van der Waals surface area contributed by atoms with Gasteiger partial charge in [-0.1, -0.05) is 0 Å². The Hall–Kier alpha value is -0.463. The number of methoxy groups -OCH3 is 2. The number of carbonyl (C=O) groups is 2. The Kier molecular flexibility index (Phi) is 7.15. The van der Waals surface area contributed by atoms with Crippen molar-refractivity contribution in [3.8, 4) is 0 Å². The van der Waals surface area contributed by atoms with Gasteiger partial charge in [-0.05, 0) is 0 Å². The summed E-state index contributed by atoms with van der Waals surface area (Å²) in [4.78, 5) is 20.1. The normalized spacial score (nSPS) is 6.89. The maximum atomic E-state index is 10.0. The predicted molar refractivity (Wildman–Crippen MR) is 29.8 cm³/mol. The summed E-state index contributed by atoms with van der Waals surface area (Å²) in [6, 6.07) is 0. The molecule has 0 aliphatic carbocycles. The molecule has 0 aliphatic rings. The number of carbonyl (C=O) groups excluding carboxylic acids is 2. The molecule has 0 amide bonds. The Bertz CT molecular complexity index is 97.1. The van der Waals surface area contributed by atoms with Crippen LogP contribution in [0.4, 0.5) is 0 Å². The quantitative estimate of drug-likeness (QED) is 0.235. The first-order chi connectivity index (χ1) is 3.72. The second-order valence-corrected chi connectivity index (χ2v) is 0.983. The van der Waals surface area contributed by atoms with Crippen molar-refractivity contribution in [2.45, 2.75) is 0 Å². The van der Waals surface area contributed by atoms with Gasteiger partial charge in [-0.3, -0.25) is 0 Å². The second-order valence-electron chi connectivity index (χ2n) is 0.983. The minimum absolute atomic E-state index is 0. The Labute approximate surface area is 64.7 Å². The minimum Gasteiger partial charge on any atom is -0.461 e. The Balaban J connectivity index is 0. The van der Waals surface area contributed by atoms with Crippen molar-refractivity contribution >= 4 is 30.8 Å². The number of ether oxygens (including phenoxy) is 2. The van der Waals surface area contributed by atoms with E-state index in [2.05, 4.69) is 9.47 Å². The van der Waals surface area contributed by atoms with Crippen molar-refractivity contribution in [1.82, 2.24) is 0 Å². The van der Waals surface area contributed by atoms with Gasteiger partial charge in [-0.2, -0.15) is 0 Å². The molecule has 0 fully saturated rings. The second kappa shape index (κ2) is 5.67. The first-order valence-corrected chi connectivity index (χ1v) is 1.88. The van der Waals surface area contributed by atoms with Crippen LogP contribution in [0.2, 0.25) is 0 Å². The summed E-state index contributed by atoms with van der Waals surface area (Å²) >= 11 is 0. The minimum atomic E-state index is -0.979. The Morgan fingerprint density at radius 3 is 1.33 bits per heavy atom. The van der Waals surface area contributed by atoms with Crippen LogP contribution in [0, 0.1) is 0 Å². The topological polar surface area (TPSA) is 52.6 Å². The molecule has 0 aromatic heterocycles. The van der Waals surface area contributed by atoms with Gasteiger partial charge in [0.25, 0.3) is 0 Å². The molecule has 0 bridgehead atoms. The van der Waals surface area contributed by atoms with E-state index in [0.29, 0.717) is 0 Å². The summed E-state index contributed by atoms with van der Waals surface area (Å²) in [5.41, 5.74) is 0. The first-order valence-electron chi connectivity index (χ1n) is 1.88. The molecule has 5 heteroatoms. The summed E-state index contributed by atoms with van der Waals surface area (Å²) in [5, 5.41) is 0. The van der Waals surface area contributed by atoms with Crippen LogP contribution in [0.5, 0.6) is 0 Å². The van der Waals surface area contributed by atoms with Gasteiger partial charge in [-0.25, -0.2) is 9.59 Å². The number of hydrogen-bond acceptors (Lipinski definition) is 4. The summed E-state index contributed by atoms with van der Waals surface area (Å²) < 4.78 is 7.98. The molecular weight excluding hydrogens is 119 g/mol. The van der Waals surface area contributed by atoms with Gasteiger partial charge >= 0.3 is 11.9 Å². The first kappa shape index (κ1) is 11.3. The van der Waals surface area contributed by atoms with Gasteiger partial charge in [0, 0.05) is 18.9 Å². The molecule has 0 heterocycles. The van der Waals surface area contributed by atoms with Gasteiger partial charge < -0.3 is 9.47 Å². The Morgan fingerprint density at radius 2 is 1.22 bits per heavy atom. The molecule has 9 heavy (non-hydrogen) atoms. The molecule has 0 aromatic carbocycles. The number of hydrogen-bond donors (Lipinski definition) is 0. The molecule has 4 nitrogen and oxygen atoms in total. The van der Waals surface area contributed by atoms with Crippen LogP contribution < -0.4 is 0 Å². The molecule has 0 atom stereocenters. The molecule has 0 spiro atoms. The van der Waals surface area contributed by atoms with Gasteiger partial charge in [-0.15, -0.1) is 0 Å². The molecule has 0 saturated heterocycles. The molecule has 1 radical (unpaired) electrons. The summed E-state index contributed by atoms with van der Waals surface area (Å²) in [6.07, 6.45) is 0. The van der Waals surface area contributed by atoms with Crippen molar-refractivity contribution in [3.63, 3.8) is 0 Å². The van der Waals surface area contributed by atoms with E-state index < -0.39 is 11.9 Å². The van der Waals surface area contributed by atoms with E-state index in [1.807, 2.05) is 0 Å². The van der Waals surface area contributed by atoms with Crippen LogP contribution in [0.3, 0.4) is 0 Å². The maximum absolute atomic E-state index is 10.0. The molecular formula is C4H6LiO4. The molecule has 0 unspecified atom stereocenters. The van der Waals surface area contributed by atoms with Crippen molar-refractivity contribution < 1.29 is 19.1 Å². The SMILES string of the molecule is COC(=O)C(=O)OC.[Li]. The predicted octanol–water partition coefficient (Wildman–Crippen LogP) is -1.05. The Morgan fingerprint density at radius 1 is 1.00 bits per heavy atom. The largest absolute Gasteiger partial charge is 0.461 e. The van der Waals surface area contributed by atoms with Crippen LogP contribution in [-0.2, 0) is 19.1 Å². The van der Waals surface area contributed by atoms with Crippen molar-refractivity contribution in [1.29, 1.82) is 0 Å². The van der Waals surface area contributed by atoms with E-state index in [0.717, 1.165) is 14.2 Å². The summed E-state index contributed by atoms with van der Waals surface area (Å²) in [7, 11) is 2.22. The van der Waals surface area contributed by atoms with Crippen molar-refractivity contribution in [2.75, 3.05) is 14.2 Å². The fraction of sp³-hybridized carbons (Fsp3) is 0.500. The maximum Gasteiger partial charge on any atom is 0.417 e. The fourth-order valence-electron chi connectivity index (χ4n) is 0.167. The van der Waals surface area contributed by atoms with Crippen LogP contribution in [0.25, 0.3) is 0 Å². The van der Waals surface area contributed by atoms with Gasteiger partial charge in [0.1, 0.15) is 0 Å². The monoisotopic (exact) mass is 125 g/mol. The average Bonchev–Trinajstić information content (AvgIpc) is 1.84. The zero-order valence-corrected chi connectivity index (χ0v) is 5.63. The third-order valence-electron chi connectivity index (χ3n) is 0.537. The molecule has 0 rings (SSSR count). The fourth-order valence-corrected chi connectivity index (χ4v) is 0.167. The van der Waals surface area contributed by atoms with Crippen LogP contribution in [-0.4, -0.2) is 45.0 Å². The van der Waals surface area contributed by atoms with Crippen molar-refractivity contribution in [2.24, 2.45) is 0 Å². The van der Waals surface area contributed by atoms with E-state index in [-0.39, 0.29) is 18.9 Å². The van der Waals surface area contributed by atoms with Crippen LogP contribution in [0.15, 0.2) is 0 Å². The molecule has 0 N–H and O–H groups in total. The molecule has 0 aromatic rings. The van der Waals surface area contributed by atoms with Crippen LogP contribution >= 0.6 is 0 Å². The zero-order valence-electron chi connectivity index (χ0n) is 5.63. The third-order valence-corrected chi connectivity index (χ3v) is 0.537. The van der Waals surface area contributed by atoms with E-state index in [4.69, 9.17) is 0 Å².